The predicted molar refractivity (Wildman–Crippen MR) is 134 cm³/mol. The van der Waals surface area contributed by atoms with Gasteiger partial charge in [-0.2, -0.15) is 0 Å². The van der Waals surface area contributed by atoms with Crippen molar-refractivity contribution in [2.45, 2.75) is 18.8 Å². The highest BCUT2D eigenvalue weighted by molar-refractivity contribution is 6.07. The molecule has 0 fully saturated rings. The first-order chi connectivity index (χ1) is 16.2. The number of carbonyl (C=O) groups is 1. The van der Waals surface area contributed by atoms with Crippen molar-refractivity contribution >= 4 is 33.3 Å². The van der Waals surface area contributed by atoms with Crippen LogP contribution in [0.5, 0.6) is 0 Å². The van der Waals surface area contributed by atoms with Crippen molar-refractivity contribution in [3.05, 3.63) is 114 Å². The number of hydrogen-bond acceptors (Lipinski definition) is 2. The van der Waals surface area contributed by atoms with E-state index in [1.165, 1.54) is 0 Å². The van der Waals surface area contributed by atoms with E-state index in [-0.39, 0.29) is 5.91 Å². The molecule has 0 radical (unpaired) electrons. The Labute approximate surface area is 193 Å². The summed E-state index contributed by atoms with van der Waals surface area (Å²) < 4.78 is 5.65. The number of furan rings is 1. The third kappa shape index (κ3) is 3.77. The zero-order chi connectivity index (χ0) is 22.7. The topological polar surface area (TPSA) is 42.2 Å². The molecule has 1 atom stereocenters. The number of fused-ring (bicyclic) bond motifs is 2. The SMILES string of the molecule is CC[C@](C#Cc1coc2ccccc12)(C(=O)Nc1cccc2ccccc12)c1ccccc1. The van der Waals surface area contributed by atoms with Gasteiger partial charge < -0.3 is 9.73 Å². The van der Waals surface area contributed by atoms with Gasteiger partial charge in [0.2, 0.25) is 5.91 Å². The van der Waals surface area contributed by atoms with Crippen molar-refractivity contribution in [3.63, 3.8) is 0 Å². The van der Waals surface area contributed by atoms with E-state index in [1.54, 1.807) is 6.26 Å². The van der Waals surface area contributed by atoms with Gasteiger partial charge in [-0.15, -0.1) is 0 Å². The summed E-state index contributed by atoms with van der Waals surface area (Å²) in [5.41, 5.74) is 2.19. The number of nitrogens with one attached hydrogen (secondary N) is 1. The standard InChI is InChI=1S/C30H23NO2/c1-2-30(24-13-4-3-5-14-24,20-19-23-21-33-28-18-9-8-16-26(23)28)29(32)31-27-17-10-12-22-11-6-7-15-25(22)27/h3-18,21H,2H2,1H3,(H,31,32)/t30-/m1/s1. The van der Waals surface area contributed by atoms with Crippen LogP contribution in [0.3, 0.4) is 0 Å². The lowest BCUT2D eigenvalue weighted by atomic mass is 9.77. The normalized spacial score (nSPS) is 12.6. The molecule has 0 saturated carbocycles. The number of carbonyl (C=O) groups excluding carboxylic acids is 1. The van der Waals surface area contributed by atoms with E-state index in [0.717, 1.165) is 38.6 Å². The fraction of sp³-hybridized carbons (Fsp3) is 0.100. The Morgan fingerprint density at radius 1 is 0.848 bits per heavy atom. The minimum atomic E-state index is -1.02. The van der Waals surface area contributed by atoms with Gasteiger partial charge in [0.15, 0.2) is 0 Å². The van der Waals surface area contributed by atoms with E-state index in [9.17, 15) is 4.79 Å². The summed E-state index contributed by atoms with van der Waals surface area (Å²) in [5, 5.41) is 6.20. The van der Waals surface area contributed by atoms with Gasteiger partial charge in [0.25, 0.3) is 0 Å². The minimum Gasteiger partial charge on any atom is -0.463 e. The largest absolute Gasteiger partial charge is 0.463 e. The molecule has 0 unspecified atom stereocenters. The summed E-state index contributed by atoms with van der Waals surface area (Å²) in [4.78, 5) is 13.9. The molecule has 0 spiro atoms. The van der Waals surface area contributed by atoms with Crippen molar-refractivity contribution in [2.24, 2.45) is 0 Å². The summed E-state index contributed by atoms with van der Waals surface area (Å²) >= 11 is 0. The summed E-state index contributed by atoms with van der Waals surface area (Å²) in [5.74, 6) is 6.45. The van der Waals surface area contributed by atoms with E-state index in [4.69, 9.17) is 4.42 Å². The molecule has 0 bridgehead atoms. The van der Waals surface area contributed by atoms with E-state index in [2.05, 4.69) is 17.2 Å². The van der Waals surface area contributed by atoms with E-state index in [1.807, 2.05) is 104 Å². The van der Waals surface area contributed by atoms with E-state index >= 15 is 0 Å². The first-order valence-corrected chi connectivity index (χ1v) is 11.1. The van der Waals surface area contributed by atoms with Crippen LogP contribution in [0.2, 0.25) is 0 Å². The van der Waals surface area contributed by atoms with Gasteiger partial charge in [0.05, 0.1) is 5.56 Å². The third-order valence-corrected chi connectivity index (χ3v) is 6.11. The van der Waals surface area contributed by atoms with Gasteiger partial charge >= 0.3 is 0 Å². The van der Waals surface area contributed by atoms with Gasteiger partial charge in [-0.1, -0.05) is 97.6 Å². The number of para-hydroxylation sites is 1. The first-order valence-electron chi connectivity index (χ1n) is 11.1. The molecule has 1 amide bonds. The lowest BCUT2D eigenvalue weighted by molar-refractivity contribution is -0.119. The zero-order valence-electron chi connectivity index (χ0n) is 18.3. The molecule has 3 nitrogen and oxygen atoms in total. The molecule has 0 saturated heterocycles. The summed E-state index contributed by atoms with van der Waals surface area (Å²) in [6.45, 7) is 2.00. The van der Waals surface area contributed by atoms with Gasteiger partial charge in [0, 0.05) is 16.5 Å². The Kier molecular flexibility index (Phi) is 5.42. The first kappa shape index (κ1) is 20.6. The van der Waals surface area contributed by atoms with Crippen molar-refractivity contribution in [1.29, 1.82) is 0 Å². The van der Waals surface area contributed by atoms with Crippen LogP contribution in [-0.2, 0) is 10.2 Å². The fourth-order valence-electron chi connectivity index (χ4n) is 4.25. The fourth-order valence-corrected chi connectivity index (χ4v) is 4.25. The molecule has 0 aliphatic carbocycles. The molecule has 5 aromatic rings. The number of amides is 1. The van der Waals surface area contributed by atoms with Crippen molar-refractivity contribution in [3.8, 4) is 11.8 Å². The molecule has 1 aromatic heterocycles. The quantitative estimate of drug-likeness (QED) is 0.315. The van der Waals surface area contributed by atoms with Gasteiger partial charge in [-0.05, 0) is 35.6 Å². The number of hydrogen-bond donors (Lipinski definition) is 1. The van der Waals surface area contributed by atoms with Gasteiger partial charge in [-0.25, -0.2) is 0 Å². The number of benzene rings is 4. The molecule has 1 N–H and O–H groups in total. The zero-order valence-corrected chi connectivity index (χ0v) is 18.3. The Morgan fingerprint density at radius 2 is 1.55 bits per heavy atom. The average molecular weight is 430 g/mol. The van der Waals surface area contributed by atoms with Crippen molar-refractivity contribution in [2.75, 3.05) is 5.32 Å². The van der Waals surface area contributed by atoms with Gasteiger partial charge in [0.1, 0.15) is 17.3 Å². The second-order valence-electron chi connectivity index (χ2n) is 8.00. The highest BCUT2D eigenvalue weighted by atomic mass is 16.3. The van der Waals surface area contributed by atoms with E-state index in [0.29, 0.717) is 6.42 Å². The monoisotopic (exact) mass is 429 g/mol. The van der Waals surface area contributed by atoms with Crippen LogP contribution in [0.15, 0.2) is 108 Å². The molecular weight excluding hydrogens is 406 g/mol. The minimum absolute atomic E-state index is 0.146. The number of anilines is 1. The van der Waals surface area contributed by atoms with Crippen LogP contribution >= 0.6 is 0 Å². The lowest BCUT2D eigenvalue weighted by Crippen LogP contribution is -2.39. The second-order valence-corrected chi connectivity index (χ2v) is 8.00. The highest BCUT2D eigenvalue weighted by Crippen LogP contribution is 2.32. The summed E-state index contributed by atoms with van der Waals surface area (Å²) in [6, 6.07) is 31.5. The second kappa shape index (κ2) is 8.68. The van der Waals surface area contributed by atoms with Crippen LogP contribution < -0.4 is 5.32 Å². The maximum atomic E-state index is 13.9. The molecular formula is C30H23NO2. The molecule has 33 heavy (non-hydrogen) atoms. The molecule has 5 rings (SSSR count). The van der Waals surface area contributed by atoms with Crippen LogP contribution in [-0.4, -0.2) is 5.91 Å². The molecule has 160 valence electrons. The van der Waals surface area contributed by atoms with E-state index < -0.39 is 5.41 Å². The predicted octanol–water partition coefficient (Wildman–Crippen LogP) is 6.92. The van der Waals surface area contributed by atoms with Crippen molar-refractivity contribution in [1.82, 2.24) is 0 Å². The smallest absolute Gasteiger partial charge is 0.247 e. The Bertz CT molecular complexity index is 1500. The van der Waals surface area contributed by atoms with Crippen molar-refractivity contribution < 1.29 is 9.21 Å². The average Bonchev–Trinajstić information content (AvgIpc) is 3.29. The van der Waals surface area contributed by atoms with Crippen LogP contribution in [0.1, 0.15) is 24.5 Å². The van der Waals surface area contributed by atoms with Crippen LogP contribution in [0.25, 0.3) is 21.7 Å². The Morgan fingerprint density at radius 3 is 2.36 bits per heavy atom. The maximum absolute atomic E-state index is 13.9. The maximum Gasteiger partial charge on any atom is 0.247 e. The lowest BCUT2D eigenvalue weighted by Gasteiger charge is -2.27. The third-order valence-electron chi connectivity index (χ3n) is 6.11. The van der Waals surface area contributed by atoms with Crippen LogP contribution in [0.4, 0.5) is 5.69 Å². The molecule has 1 heterocycles. The molecule has 0 aliphatic rings. The molecule has 0 aliphatic heterocycles. The highest BCUT2D eigenvalue weighted by Gasteiger charge is 2.37. The summed E-state index contributed by atoms with van der Waals surface area (Å²) in [7, 11) is 0. The number of rotatable bonds is 4. The van der Waals surface area contributed by atoms with Crippen LogP contribution in [0, 0.1) is 11.8 Å². The Balaban J connectivity index is 1.61. The Hall–Kier alpha value is -4.29. The summed E-state index contributed by atoms with van der Waals surface area (Å²) in [6.07, 6.45) is 2.18. The molecule has 3 heteroatoms. The molecule has 4 aromatic carbocycles. The van der Waals surface area contributed by atoms with Gasteiger partial charge in [-0.3, -0.25) is 4.79 Å².